The number of unbranched alkanes of at least 4 members (excludes halogenated alkanes) is 16. The number of hydrogen-bond donors (Lipinski definition) is 2. The minimum absolute atomic E-state index is 0.0943. The molecule has 49 heavy (non-hydrogen) atoms. The quantitative estimate of drug-likeness (QED) is 0.0283. The minimum atomic E-state index is -4.28. The van der Waals surface area contributed by atoms with Crippen molar-refractivity contribution in [3.8, 4) is 0 Å². The van der Waals surface area contributed by atoms with Gasteiger partial charge in [-0.1, -0.05) is 133 Å². The summed E-state index contributed by atoms with van der Waals surface area (Å²) in [5.74, 6) is -0.350. The Morgan fingerprint density at radius 3 is 1.65 bits per heavy atom. The lowest BCUT2D eigenvalue weighted by molar-refractivity contribution is -0.154. The molecule has 8 nitrogen and oxygen atoms in total. The molecule has 9 heteroatoms. The van der Waals surface area contributed by atoms with Gasteiger partial charge in [0.25, 0.3) is 0 Å². The highest BCUT2D eigenvalue weighted by Gasteiger charge is 2.25. The maximum Gasteiger partial charge on any atom is 0.472 e. The van der Waals surface area contributed by atoms with E-state index in [1.165, 1.54) is 64.2 Å². The molecule has 0 aliphatic carbocycles. The molecule has 0 amide bonds. The third-order valence-corrected chi connectivity index (χ3v) is 8.95. The zero-order chi connectivity index (χ0) is 35.9. The van der Waals surface area contributed by atoms with Crippen LogP contribution in [0, 0.1) is 0 Å². The number of nitrogens with two attached hydrogens (primary N) is 1. The van der Waals surface area contributed by atoms with Gasteiger partial charge in [-0.15, -0.1) is 0 Å². The second-order valence-corrected chi connectivity index (χ2v) is 14.2. The number of hydrogen-bond acceptors (Lipinski definition) is 7. The Labute approximate surface area is 301 Å². The van der Waals surface area contributed by atoms with Crippen LogP contribution in [0.15, 0.2) is 48.6 Å². The molecule has 3 N–H and O–H groups in total. The van der Waals surface area contributed by atoms with Gasteiger partial charge in [-0.05, 0) is 70.6 Å². The van der Waals surface area contributed by atoms with Gasteiger partial charge in [-0.2, -0.15) is 0 Å². The third kappa shape index (κ3) is 37.5. The van der Waals surface area contributed by atoms with Crippen LogP contribution in [0.25, 0.3) is 0 Å². The maximum absolute atomic E-state index is 12.5. The van der Waals surface area contributed by atoms with Crippen LogP contribution >= 0.6 is 7.82 Å². The highest BCUT2D eigenvalue weighted by molar-refractivity contribution is 7.47. The van der Waals surface area contributed by atoms with Gasteiger partial charge in [-0.25, -0.2) is 4.57 Å². The first-order chi connectivity index (χ1) is 23.9. The molecule has 0 aromatic carbocycles. The number of phosphoric ester groups is 1. The summed E-state index contributed by atoms with van der Waals surface area (Å²) >= 11 is 0. The van der Waals surface area contributed by atoms with E-state index >= 15 is 0 Å². The summed E-state index contributed by atoms with van der Waals surface area (Å²) in [4.78, 5) is 22.4. The highest BCUT2D eigenvalue weighted by Crippen LogP contribution is 2.43. The van der Waals surface area contributed by atoms with Crippen LogP contribution in [0.5, 0.6) is 0 Å². The van der Waals surface area contributed by atoms with E-state index in [0.29, 0.717) is 13.0 Å². The summed E-state index contributed by atoms with van der Waals surface area (Å²) in [5, 5.41) is 0. The largest absolute Gasteiger partial charge is 0.472 e. The third-order valence-electron chi connectivity index (χ3n) is 7.97. The van der Waals surface area contributed by atoms with E-state index in [4.69, 9.17) is 24.3 Å². The van der Waals surface area contributed by atoms with E-state index in [-0.39, 0.29) is 32.3 Å². The van der Waals surface area contributed by atoms with E-state index in [9.17, 15) is 14.3 Å². The molecule has 0 radical (unpaired) electrons. The lowest BCUT2D eigenvalue weighted by Gasteiger charge is -2.20. The number of ether oxygens (including phenoxy) is 2. The number of allylic oxidation sites excluding steroid dienone is 8. The molecular weight excluding hydrogens is 637 g/mol. The molecule has 0 saturated heterocycles. The molecule has 0 spiro atoms. The number of esters is 1. The van der Waals surface area contributed by atoms with Gasteiger partial charge < -0.3 is 20.1 Å². The van der Waals surface area contributed by atoms with E-state index in [0.717, 1.165) is 77.0 Å². The Hall–Kier alpha value is -1.54. The SMILES string of the molecule is CCCC/C=C\C/C=C\CCCCCCCC(=O)OC(COCCCCCCCC/C=C\C/C=C\CCCCC)COP(=O)(O)OCCN. The summed E-state index contributed by atoms with van der Waals surface area (Å²) in [6.45, 7) is 4.80. The van der Waals surface area contributed by atoms with Crippen molar-refractivity contribution in [3.05, 3.63) is 48.6 Å². The van der Waals surface area contributed by atoms with Gasteiger partial charge >= 0.3 is 13.8 Å². The van der Waals surface area contributed by atoms with Gasteiger partial charge in [-0.3, -0.25) is 13.8 Å². The fourth-order valence-corrected chi connectivity index (χ4v) is 5.81. The van der Waals surface area contributed by atoms with Crippen LogP contribution in [0.3, 0.4) is 0 Å². The maximum atomic E-state index is 12.5. The van der Waals surface area contributed by atoms with E-state index in [2.05, 4.69) is 62.5 Å². The predicted molar refractivity (Wildman–Crippen MR) is 206 cm³/mol. The predicted octanol–water partition coefficient (Wildman–Crippen LogP) is 11.2. The van der Waals surface area contributed by atoms with Gasteiger partial charge in [0, 0.05) is 19.6 Å². The molecule has 2 atom stereocenters. The van der Waals surface area contributed by atoms with Crippen molar-refractivity contribution in [2.45, 2.75) is 168 Å². The van der Waals surface area contributed by atoms with E-state index in [1.807, 2.05) is 0 Å². The zero-order valence-electron chi connectivity index (χ0n) is 31.4. The highest BCUT2D eigenvalue weighted by atomic mass is 31.2. The Morgan fingerprint density at radius 1 is 0.612 bits per heavy atom. The monoisotopic (exact) mass is 712 g/mol. The molecule has 0 rings (SSSR count). The Bertz CT molecular complexity index is 890. The average molecular weight is 712 g/mol. The van der Waals surface area contributed by atoms with Crippen molar-refractivity contribution in [3.63, 3.8) is 0 Å². The lowest BCUT2D eigenvalue weighted by atomic mass is 10.1. The summed E-state index contributed by atoms with van der Waals surface area (Å²) in [6, 6.07) is 0. The molecule has 0 aliphatic heterocycles. The summed E-state index contributed by atoms with van der Waals surface area (Å²) in [6.07, 6.45) is 42.6. The zero-order valence-corrected chi connectivity index (χ0v) is 32.3. The second kappa shape index (κ2) is 37.7. The average Bonchev–Trinajstić information content (AvgIpc) is 3.09. The molecule has 0 aromatic heterocycles. The minimum Gasteiger partial charge on any atom is -0.457 e. The molecule has 2 unspecified atom stereocenters. The first kappa shape index (κ1) is 47.5. The van der Waals surface area contributed by atoms with Crippen molar-refractivity contribution in [1.82, 2.24) is 0 Å². The topological polar surface area (TPSA) is 117 Å². The number of rotatable bonds is 37. The smallest absolute Gasteiger partial charge is 0.457 e. The van der Waals surface area contributed by atoms with Crippen molar-refractivity contribution in [1.29, 1.82) is 0 Å². The van der Waals surface area contributed by atoms with Crippen LogP contribution in [0.2, 0.25) is 0 Å². The van der Waals surface area contributed by atoms with Gasteiger partial charge in [0.15, 0.2) is 0 Å². The number of phosphoric acid groups is 1. The molecule has 0 saturated carbocycles. The van der Waals surface area contributed by atoms with Gasteiger partial charge in [0.05, 0.1) is 19.8 Å². The molecule has 0 aromatic rings. The van der Waals surface area contributed by atoms with Crippen LogP contribution < -0.4 is 5.73 Å². The van der Waals surface area contributed by atoms with Crippen molar-refractivity contribution >= 4 is 13.8 Å². The lowest BCUT2D eigenvalue weighted by Crippen LogP contribution is -2.28. The van der Waals surface area contributed by atoms with Crippen molar-refractivity contribution in [2.75, 3.05) is 33.0 Å². The second-order valence-electron chi connectivity index (χ2n) is 12.8. The van der Waals surface area contributed by atoms with Gasteiger partial charge in [0.1, 0.15) is 6.10 Å². The molecule has 0 fully saturated rings. The molecule has 0 aliphatic rings. The summed E-state index contributed by atoms with van der Waals surface area (Å²) < 4.78 is 33.3. The van der Waals surface area contributed by atoms with Crippen LogP contribution in [-0.4, -0.2) is 49.9 Å². The summed E-state index contributed by atoms with van der Waals surface area (Å²) in [7, 11) is -4.28. The van der Waals surface area contributed by atoms with E-state index < -0.39 is 13.9 Å². The van der Waals surface area contributed by atoms with Crippen molar-refractivity contribution in [2.24, 2.45) is 5.73 Å². The number of carbonyl (C=O) groups excluding carboxylic acids is 1. The Balaban J connectivity index is 4.13. The molecule has 0 heterocycles. The summed E-state index contributed by atoms with van der Waals surface area (Å²) in [5.41, 5.74) is 5.35. The van der Waals surface area contributed by atoms with E-state index in [1.54, 1.807) is 0 Å². The Kier molecular flexibility index (Phi) is 36.5. The van der Waals surface area contributed by atoms with Crippen molar-refractivity contribution < 1.29 is 32.8 Å². The first-order valence-electron chi connectivity index (χ1n) is 19.6. The fraction of sp³-hybridized carbons (Fsp3) is 0.775. The van der Waals surface area contributed by atoms with Gasteiger partial charge in [0.2, 0.25) is 0 Å². The van der Waals surface area contributed by atoms with Crippen LogP contribution in [0.4, 0.5) is 0 Å². The first-order valence-corrected chi connectivity index (χ1v) is 21.1. The normalized spacial score (nSPS) is 14.1. The fourth-order valence-electron chi connectivity index (χ4n) is 5.04. The molecule has 286 valence electrons. The number of carbonyl (C=O) groups is 1. The standard InChI is InChI=1S/C40H74NO7P/c1-3-5-7-9-11-13-15-17-19-20-22-24-26-28-30-32-35-45-37-39(38-47-49(43,44)46-36-34-41)48-40(42)33-31-29-27-25-23-21-18-16-14-12-10-8-6-4-2/h10-13,16-19,39H,3-9,14-15,20-38,41H2,1-2H3,(H,43,44)/b12-10-,13-11-,18-16-,19-17-. The molecular formula is C40H74NO7P. The van der Waals surface area contributed by atoms with Crippen LogP contribution in [0.1, 0.15) is 162 Å². The Morgan fingerprint density at radius 2 is 1.10 bits per heavy atom. The molecule has 0 bridgehead atoms. The van der Waals surface area contributed by atoms with Crippen LogP contribution in [-0.2, 0) is 27.9 Å².